The van der Waals surface area contributed by atoms with Crippen molar-refractivity contribution < 1.29 is 0 Å². The molecule has 1 saturated heterocycles. The SMILES string of the molecule is CC1(C2CCSC2)CC1N. The van der Waals surface area contributed by atoms with Gasteiger partial charge in [0.1, 0.15) is 0 Å². The number of nitrogens with two attached hydrogens (primary N) is 1. The third kappa shape index (κ3) is 0.892. The van der Waals surface area contributed by atoms with Crippen LogP contribution in [0.15, 0.2) is 0 Å². The molecule has 0 amide bonds. The highest BCUT2D eigenvalue weighted by Crippen LogP contribution is 2.54. The lowest BCUT2D eigenvalue weighted by Gasteiger charge is -2.16. The zero-order valence-electron chi connectivity index (χ0n) is 6.47. The molecule has 1 nitrogen and oxygen atoms in total. The lowest BCUT2D eigenvalue weighted by molar-refractivity contribution is 0.361. The summed E-state index contributed by atoms with van der Waals surface area (Å²) in [6.45, 7) is 2.36. The minimum atomic E-state index is 0.524. The Balaban J connectivity index is 1.99. The van der Waals surface area contributed by atoms with Gasteiger partial charge in [0, 0.05) is 6.04 Å². The Morgan fingerprint density at radius 1 is 1.60 bits per heavy atom. The molecule has 2 fully saturated rings. The lowest BCUT2D eigenvalue weighted by atomic mass is 9.90. The second kappa shape index (κ2) is 2.15. The van der Waals surface area contributed by atoms with Gasteiger partial charge in [-0.1, -0.05) is 6.92 Å². The van der Waals surface area contributed by atoms with E-state index in [0.29, 0.717) is 11.5 Å². The van der Waals surface area contributed by atoms with Crippen molar-refractivity contribution in [2.45, 2.75) is 25.8 Å². The van der Waals surface area contributed by atoms with Gasteiger partial charge >= 0.3 is 0 Å². The van der Waals surface area contributed by atoms with Crippen LogP contribution in [0, 0.1) is 11.3 Å². The minimum Gasteiger partial charge on any atom is -0.327 e. The highest BCUT2D eigenvalue weighted by atomic mass is 32.2. The fourth-order valence-electron chi connectivity index (χ4n) is 1.94. The van der Waals surface area contributed by atoms with Crippen molar-refractivity contribution in [2.75, 3.05) is 11.5 Å². The molecule has 2 heteroatoms. The van der Waals surface area contributed by atoms with Gasteiger partial charge < -0.3 is 5.73 Å². The molecule has 2 aliphatic rings. The fraction of sp³-hybridized carbons (Fsp3) is 1.00. The molecular weight excluding hydrogens is 142 g/mol. The Hall–Kier alpha value is 0.310. The summed E-state index contributed by atoms with van der Waals surface area (Å²) < 4.78 is 0. The van der Waals surface area contributed by atoms with Crippen molar-refractivity contribution in [1.29, 1.82) is 0 Å². The van der Waals surface area contributed by atoms with Gasteiger partial charge in [-0.3, -0.25) is 0 Å². The maximum atomic E-state index is 5.87. The van der Waals surface area contributed by atoms with Crippen molar-refractivity contribution in [3.8, 4) is 0 Å². The van der Waals surface area contributed by atoms with Crippen molar-refractivity contribution in [3.63, 3.8) is 0 Å². The molecule has 0 aromatic rings. The molecule has 1 saturated carbocycles. The van der Waals surface area contributed by atoms with E-state index in [1.807, 2.05) is 0 Å². The summed E-state index contributed by atoms with van der Waals surface area (Å²) >= 11 is 2.10. The van der Waals surface area contributed by atoms with Gasteiger partial charge in [-0.05, 0) is 35.7 Å². The van der Waals surface area contributed by atoms with Crippen LogP contribution in [-0.2, 0) is 0 Å². The number of hydrogen-bond acceptors (Lipinski definition) is 2. The summed E-state index contributed by atoms with van der Waals surface area (Å²) in [4.78, 5) is 0. The van der Waals surface area contributed by atoms with Gasteiger partial charge in [0.15, 0.2) is 0 Å². The van der Waals surface area contributed by atoms with Crippen LogP contribution in [0.2, 0.25) is 0 Å². The van der Waals surface area contributed by atoms with E-state index in [1.54, 1.807) is 0 Å². The summed E-state index contributed by atoms with van der Waals surface area (Å²) in [7, 11) is 0. The first-order valence-electron chi connectivity index (χ1n) is 4.07. The average Bonchev–Trinajstić information content (AvgIpc) is 2.35. The fourth-order valence-corrected chi connectivity index (χ4v) is 3.39. The molecule has 1 aliphatic carbocycles. The second-order valence-corrected chi connectivity index (χ2v) is 5.03. The summed E-state index contributed by atoms with van der Waals surface area (Å²) in [5, 5.41) is 0. The lowest BCUT2D eigenvalue weighted by Crippen LogP contribution is -2.20. The number of thioether (sulfide) groups is 1. The van der Waals surface area contributed by atoms with Crippen molar-refractivity contribution in [2.24, 2.45) is 17.1 Å². The van der Waals surface area contributed by atoms with Crippen LogP contribution < -0.4 is 5.73 Å². The Morgan fingerprint density at radius 2 is 2.30 bits per heavy atom. The number of rotatable bonds is 1. The van der Waals surface area contributed by atoms with Gasteiger partial charge in [-0.2, -0.15) is 11.8 Å². The van der Waals surface area contributed by atoms with E-state index in [1.165, 1.54) is 24.3 Å². The summed E-state index contributed by atoms with van der Waals surface area (Å²) in [5.41, 5.74) is 6.42. The highest BCUT2D eigenvalue weighted by Gasteiger charge is 2.53. The molecule has 0 radical (unpaired) electrons. The van der Waals surface area contributed by atoms with Crippen molar-refractivity contribution >= 4 is 11.8 Å². The Kier molecular flexibility index (Phi) is 1.50. The van der Waals surface area contributed by atoms with Gasteiger partial charge in [0.05, 0.1) is 0 Å². The predicted octanol–water partition coefficient (Wildman–Crippen LogP) is 1.48. The second-order valence-electron chi connectivity index (χ2n) is 3.88. The molecule has 3 unspecified atom stereocenters. The maximum absolute atomic E-state index is 5.87. The van der Waals surface area contributed by atoms with Gasteiger partial charge in [0.2, 0.25) is 0 Å². The Labute approximate surface area is 66.7 Å². The Bertz CT molecular complexity index is 142. The molecule has 58 valence electrons. The van der Waals surface area contributed by atoms with E-state index in [2.05, 4.69) is 18.7 Å². The van der Waals surface area contributed by atoms with Crippen LogP contribution in [0.3, 0.4) is 0 Å². The normalized spacial score (nSPS) is 53.4. The van der Waals surface area contributed by atoms with Gasteiger partial charge in [-0.15, -0.1) is 0 Å². The van der Waals surface area contributed by atoms with Crippen LogP contribution in [0.1, 0.15) is 19.8 Å². The molecule has 3 atom stereocenters. The zero-order chi connectivity index (χ0) is 7.19. The standard InChI is InChI=1S/C8H15NS/c1-8(4-7(8)9)6-2-3-10-5-6/h6-7H,2-5,9H2,1H3. The molecule has 1 aliphatic heterocycles. The minimum absolute atomic E-state index is 0.524. The summed E-state index contributed by atoms with van der Waals surface area (Å²) in [6.07, 6.45) is 2.69. The van der Waals surface area contributed by atoms with Crippen LogP contribution in [-0.4, -0.2) is 17.5 Å². The van der Waals surface area contributed by atoms with E-state index in [4.69, 9.17) is 5.73 Å². The molecule has 0 aromatic carbocycles. The first kappa shape index (κ1) is 6.99. The third-order valence-electron chi connectivity index (χ3n) is 3.21. The topological polar surface area (TPSA) is 26.0 Å². The molecule has 2 rings (SSSR count). The monoisotopic (exact) mass is 157 g/mol. The third-order valence-corrected chi connectivity index (χ3v) is 4.37. The van der Waals surface area contributed by atoms with Crippen LogP contribution in [0.25, 0.3) is 0 Å². The number of hydrogen-bond donors (Lipinski definition) is 1. The van der Waals surface area contributed by atoms with Crippen LogP contribution in [0.4, 0.5) is 0 Å². The molecule has 0 spiro atoms. The first-order chi connectivity index (χ1) is 4.73. The van der Waals surface area contributed by atoms with E-state index in [9.17, 15) is 0 Å². The maximum Gasteiger partial charge on any atom is 0.0102 e. The van der Waals surface area contributed by atoms with Gasteiger partial charge in [0.25, 0.3) is 0 Å². The van der Waals surface area contributed by atoms with Crippen molar-refractivity contribution in [3.05, 3.63) is 0 Å². The average molecular weight is 157 g/mol. The van der Waals surface area contributed by atoms with Crippen molar-refractivity contribution in [1.82, 2.24) is 0 Å². The summed E-state index contributed by atoms with van der Waals surface area (Å²) in [5.74, 6) is 3.67. The van der Waals surface area contributed by atoms with Crippen LogP contribution in [0.5, 0.6) is 0 Å². The van der Waals surface area contributed by atoms with E-state index in [-0.39, 0.29) is 0 Å². The van der Waals surface area contributed by atoms with E-state index < -0.39 is 0 Å². The molecule has 2 N–H and O–H groups in total. The van der Waals surface area contributed by atoms with Crippen LogP contribution >= 0.6 is 11.8 Å². The van der Waals surface area contributed by atoms with E-state index >= 15 is 0 Å². The highest BCUT2D eigenvalue weighted by molar-refractivity contribution is 7.99. The zero-order valence-corrected chi connectivity index (χ0v) is 7.29. The molecule has 10 heavy (non-hydrogen) atoms. The molecular formula is C8H15NS. The smallest absolute Gasteiger partial charge is 0.0102 e. The summed E-state index contributed by atoms with van der Waals surface area (Å²) in [6, 6.07) is 0.524. The largest absolute Gasteiger partial charge is 0.327 e. The van der Waals surface area contributed by atoms with Gasteiger partial charge in [-0.25, -0.2) is 0 Å². The van der Waals surface area contributed by atoms with E-state index in [0.717, 1.165) is 5.92 Å². The quantitative estimate of drug-likeness (QED) is 0.624. The molecule has 0 aromatic heterocycles. The Morgan fingerprint density at radius 3 is 2.70 bits per heavy atom. The molecule has 1 heterocycles. The predicted molar refractivity (Wildman–Crippen MR) is 46.1 cm³/mol. The first-order valence-corrected chi connectivity index (χ1v) is 5.22. The molecule has 0 bridgehead atoms.